The molecule has 1 aromatic carbocycles. The molecule has 4 heterocycles. The maximum absolute atomic E-state index is 6.39. The highest BCUT2D eigenvalue weighted by atomic mass is 35.5. The second-order valence-electron chi connectivity index (χ2n) is 8.01. The molecular formula is C22H26ClN8OS+. The second kappa shape index (κ2) is 9.58. The summed E-state index contributed by atoms with van der Waals surface area (Å²) in [6.07, 6.45) is 3.01. The van der Waals surface area contributed by atoms with Gasteiger partial charge >= 0.3 is 11.8 Å². The number of H-pyrrole nitrogens is 1. The minimum Gasteiger partial charge on any atom is -0.491 e. The molecule has 11 heteroatoms. The van der Waals surface area contributed by atoms with Crippen molar-refractivity contribution in [1.29, 1.82) is 0 Å². The number of piperazine rings is 1. The van der Waals surface area contributed by atoms with Crippen LogP contribution in [-0.2, 0) is 11.8 Å². The van der Waals surface area contributed by atoms with Crippen molar-refractivity contribution in [3.63, 3.8) is 0 Å². The van der Waals surface area contributed by atoms with E-state index in [4.69, 9.17) is 26.3 Å². The molecule has 2 aromatic heterocycles. The van der Waals surface area contributed by atoms with E-state index in [0.29, 0.717) is 28.7 Å². The van der Waals surface area contributed by atoms with Crippen LogP contribution in [0, 0.1) is 0 Å². The van der Waals surface area contributed by atoms with Gasteiger partial charge in [-0.25, -0.2) is 10.4 Å². The minimum absolute atomic E-state index is 0.482. The van der Waals surface area contributed by atoms with Gasteiger partial charge in [0.05, 0.1) is 17.7 Å². The highest BCUT2D eigenvalue weighted by Crippen LogP contribution is 2.32. The lowest BCUT2D eigenvalue weighted by Crippen LogP contribution is -2.45. The highest BCUT2D eigenvalue weighted by Gasteiger charge is 2.23. The number of aryl methyl sites for hydroxylation is 1. The molecule has 0 unspecified atom stereocenters. The Morgan fingerprint density at radius 2 is 1.97 bits per heavy atom. The highest BCUT2D eigenvalue weighted by molar-refractivity contribution is 7.99. The summed E-state index contributed by atoms with van der Waals surface area (Å²) in [7, 11) is 4.06. The summed E-state index contributed by atoms with van der Waals surface area (Å²) in [5.41, 5.74) is 0.913. The van der Waals surface area contributed by atoms with E-state index < -0.39 is 0 Å². The molecule has 9 nitrogen and oxygen atoms in total. The van der Waals surface area contributed by atoms with Gasteiger partial charge in [-0.2, -0.15) is 19.6 Å². The van der Waals surface area contributed by atoms with Crippen LogP contribution >= 0.6 is 23.4 Å². The zero-order chi connectivity index (χ0) is 22.8. The van der Waals surface area contributed by atoms with Crippen molar-refractivity contribution in [3.8, 4) is 0 Å². The van der Waals surface area contributed by atoms with E-state index in [9.17, 15) is 0 Å². The van der Waals surface area contributed by atoms with Gasteiger partial charge in [-0.15, -0.1) is 0 Å². The number of nitrogens with one attached hydrogen (secondary N) is 2. The van der Waals surface area contributed by atoms with Gasteiger partial charge in [0.1, 0.15) is 18.5 Å². The Labute approximate surface area is 201 Å². The number of nitrogens with zero attached hydrogens (tertiary/aromatic N) is 6. The number of likely N-dealkylation sites (N-methyl/N-ethyl adjacent to an activating group) is 1. The molecule has 0 radical (unpaired) electrons. The Balaban J connectivity index is 1.45. The third-order valence-corrected chi connectivity index (χ3v) is 6.95. The Bertz CT molecular complexity index is 1170. The first-order chi connectivity index (χ1) is 16.0. The Morgan fingerprint density at radius 1 is 1.15 bits per heavy atom. The Morgan fingerprint density at radius 3 is 2.73 bits per heavy atom. The van der Waals surface area contributed by atoms with Crippen LogP contribution in [0.15, 0.2) is 46.5 Å². The van der Waals surface area contributed by atoms with Gasteiger partial charge < -0.3 is 14.5 Å². The number of hydrogen-bond acceptors (Lipinski definition) is 8. The summed E-state index contributed by atoms with van der Waals surface area (Å²) < 4.78 is 7.57. The fourth-order valence-corrected chi connectivity index (χ4v) is 4.71. The van der Waals surface area contributed by atoms with Gasteiger partial charge in [-0.3, -0.25) is 0 Å². The van der Waals surface area contributed by atoms with Crippen molar-refractivity contribution in [2.24, 2.45) is 7.05 Å². The van der Waals surface area contributed by atoms with Crippen molar-refractivity contribution in [2.75, 3.05) is 50.1 Å². The average Bonchev–Trinajstić information content (AvgIpc) is 3.46. The van der Waals surface area contributed by atoms with Crippen LogP contribution in [0.3, 0.4) is 0 Å². The van der Waals surface area contributed by atoms with Crippen molar-refractivity contribution < 1.29 is 9.42 Å². The first-order valence-corrected chi connectivity index (χ1v) is 12.1. The molecule has 33 heavy (non-hydrogen) atoms. The van der Waals surface area contributed by atoms with E-state index in [1.54, 1.807) is 0 Å². The van der Waals surface area contributed by atoms with E-state index in [1.807, 2.05) is 42.1 Å². The van der Waals surface area contributed by atoms with Gasteiger partial charge in [-0.05, 0) is 37.0 Å². The fraction of sp³-hybridized carbons (Fsp3) is 0.364. The lowest BCUT2D eigenvalue weighted by molar-refractivity contribution is -0.713. The number of anilines is 3. The molecule has 1 fully saturated rings. The molecule has 0 atom stereocenters. The normalized spacial score (nSPS) is 16.6. The van der Waals surface area contributed by atoms with Gasteiger partial charge in [0.2, 0.25) is 11.1 Å². The van der Waals surface area contributed by atoms with Crippen molar-refractivity contribution in [1.82, 2.24) is 25.0 Å². The Hall–Kier alpha value is -2.82. The van der Waals surface area contributed by atoms with Crippen LogP contribution in [0.25, 0.3) is 5.76 Å². The third kappa shape index (κ3) is 5.07. The smallest absolute Gasteiger partial charge is 0.324 e. The zero-order valence-electron chi connectivity index (χ0n) is 18.6. The number of aromatic amines is 1. The fourth-order valence-electron chi connectivity index (χ4n) is 3.69. The maximum Gasteiger partial charge on any atom is 0.324 e. The van der Waals surface area contributed by atoms with Crippen molar-refractivity contribution in [2.45, 2.75) is 16.5 Å². The molecule has 0 amide bonds. The molecule has 172 valence electrons. The van der Waals surface area contributed by atoms with E-state index in [-0.39, 0.29) is 0 Å². The number of benzene rings is 1. The van der Waals surface area contributed by atoms with Crippen LogP contribution in [0.5, 0.6) is 0 Å². The summed E-state index contributed by atoms with van der Waals surface area (Å²) in [6, 6.07) is 9.70. The predicted molar refractivity (Wildman–Crippen MR) is 129 cm³/mol. The van der Waals surface area contributed by atoms with Gasteiger partial charge in [0.25, 0.3) is 0 Å². The summed E-state index contributed by atoms with van der Waals surface area (Å²) in [4.78, 5) is 19.6. The molecule has 0 aliphatic carbocycles. The molecule has 3 aromatic rings. The van der Waals surface area contributed by atoms with Gasteiger partial charge in [0.15, 0.2) is 0 Å². The number of rotatable bonds is 6. The van der Waals surface area contributed by atoms with E-state index in [1.165, 1.54) is 11.8 Å². The number of hydrogen-bond donors (Lipinski definition) is 2. The van der Waals surface area contributed by atoms with Crippen molar-refractivity contribution in [3.05, 3.63) is 47.1 Å². The maximum atomic E-state index is 6.39. The predicted octanol–water partition coefficient (Wildman–Crippen LogP) is 3.09. The standard InChI is InChI=1S/C22H25ClN8OS/c1-29-9-11-31(12-10-29)21-25-20(26-22(27-21)33-18-8-4-3-6-15(18)23)24-19-14-16(28-30(19)2)17-7-5-13-32-17/h3-4,6-8,14H,5,9-13H2,1-2H3,(H,24,25,26,27,28)/p+1. The summed E-state index contributed by atoms with van der Waals surface area (Å²) in [6.45, 7) is 4.37. The first-order valence-electron chi connectivity index (χ1n) is 10.9. The average molecular weight is 486 g/mol. The largest absolute Gasteiger partial charge is 0.491 e. The number of aromatic nitrogens is 5. The molecule has 2 N–H and O–H groups in total. The van der Waals surface area contributed by atoms with E-state index >= 15 is 0 Å². The van der Waals surface area contributed by atoms with Gasteiger partial charge in [-0.1, -0.05) is 23.7 Å². The van der Waals surface area contributed by atoms with Crippen LogP contribution in [0.2, 0.25) is 5.02 Å². The van der Waals surface area contributed by atoms with Crippen LogP contribution < -0.4 is 14.9 Å². The summed E-state index contributed by atoms with van der Waals surface area (Å²) in [5, 5.41) is 7.91. The number of ether oxygens (including phenoxy) is 1. The lowest BCUT2D eigenvalue weighted by atomic mass is 10.3. The number of halogens is 1. The van der Waals surface area contributed by atoms with Crippen LogP contribution in [0.4, 0.5) is 17.7 Å². The van der Waals surface area contributed by atoms with E-state index in [0.717, 1.165) is 54.8 Å². The van der Waals surface area contributed by atoms with Crippen LogP contribution in [0.1, 0.15) is 12.1 Å². The molecule has 2 aliphatic heterocycles. The van der Waals surface area contributed by atoms with Crippen LogP contribution in [-0.4, -0.2) is 64.8 Å². The Kier molecular flexibility index (Phi) is 6.39. The third-order valence-electron chi connectivity index (χ3n) is 5.57. The monoisotopic (exact) mass is 485 g/mol. The first kappa shape index (κ1) is 22.0. The molecule has 1 saturated heterocycles. The SMILES string of the molecule is CN1CCN(c2nc(Nc3cc(C4=CCCO4)[nH][n+]3C)nc(Sc3ccccc3Cl)n2)CC1. The molecule has 0 bridgehead atoms. The van der Waals surface area contributed by atoms with Gasteiger partial charge in [0, 0.05) is 37.5 Å². The molecule has 0 spiro atoms. The molecular weight excluding hydrogens is 460 g/mol. The summed E-state index contributed by atoms with van der Waals surface area (Å²) >= 11 is 7.82. The zero-order valence-corrected chi connectivity index (χ0v) is 20.2. The summed E-state index contributed by atoms with van der Waals surface area (Å²) in [5.74, 6) is 2.83. The minimum atomic E-state index is 0.482. The molecule has 0 saturated carbocycles. The van der Waals surface area contributed by atoms with Crippen molar-refractivity contribution >= 4 is 46.8 Å². The topological polar surface area (TPSA) is 86.1 Å². The lowest BCUT2D eigenvalue weighted by Gasteiger charge is -2.32. The molecule has 2 aliphatic rings. The van der Waals surface area contributed by atoms with E-state index in [2.05, 4.69) is 38.3 Å². The molecule has 5 rings (SSSR count). The quantitative estimate of drug-likeness (QED) is 0.515. The second-order valence-corrected chi connectivity index (χ2v) is 9.43.